The van der Waals surface area contributed by atoms with Crippen LogP contribution in [0.3, 0.4) is 0 Å². The van der Waals surface area contributed by atoms with Crippen LogP contribution in [0.15, 0.2) is 42.2 Å². The van der Waals surface area contributed by atoms with Crippen molar-refractivity contribution in [2.24, 2.45) is 0 Å². The van der Waals surface area contributed by atoms with Gasteiger partial charge in [0.2, 0.25) is 0 Å². The molecule has 0 aliphatic heterocycles. The molecule has 0 saturated heterocycles. The van der Waals surface area contributed by atoms with Gasteiger partial charge in [0.05, 0.1) is 22.7 Å². The van der Waals surface area contributed by atoms with E-state index in [-0.39, 0.29) is 0 Å². The van der Waals surface area contributed by atoms with Gasteiger partial charge in [-0.25, -0.2) is 0 Å². The van der Waals surface area contributed by atoms with Crippen molar-refractivity contribution in [3.8, 4) is 22.6 Å². The summed E-state index contributed by atoms with van der Waals surface area (Å²) >= 11 is 14.2. The van der Waals surface area contributed by atoms with Crippen LogP contribution in [0.1, 0.15) is 6.92 Å². The predicted molar refractivity (Wildman–Crippen MR) is 100 cm³/mol. The lowest BCUT2D eigenvalue weighted by molar-refractivity contribution is 0.339. The second-order valence-corrected chi connectivity index (χ2v) is 7.71. The molecule has 0 saturated carbocycles. The molecule has 0 aliphatic rings. The van der Waals surface area contributed by atoms with E-state index in [4.69, 9.17) is 9.47 Å². The summed E-state index contributed by atoms with van der Waals surface area (Å²) in [6.45, 7) is 2.55. The maximum Gasteiger partial charge on any atom is 0.141 e. The molecule has 0 atom stereocenters. The van der Waals surface area contributed by atoms with E-state index in [1.54, 1.807) is 7.11 Å². The summed E-state index contributed by atoms with van der Waals surface area (Å²) in [6, 6.07) is 7.95. The summed E-state index contributed by atoms with van der Waals surface area (Å²) < 4.78 is 15.1. The molecule has 0 aliphatic carbocycles. The largest absolute Gasteiger partial charge is 0.495 e. The normalized spacial score (nSPS) is 10.6. The zero-order chi connectivity index (χ0) is 15.6. The van der Waals surface area contributed by atoms with Gasteiger partial charge in [-0.2, -0.15) is 0 Å². The Hall–Kier alpha value is -0.0400. The minimum absolute atomic E-state index is 0.588. The highest BCUT2D eigenvalue weighted by Crippen LogP contribution is 2.46. The Kier molecular flexibility index (Phi) is 6.17. The van der Waals surface area contributed by atoms with Crippen LogP contribution in [0.2, 0.25) is 0 Å². The fourth-order valence-corrected chi connectivity index (χ4v) is 4.75. The van der Waals surface area contributed by atoms with Gasteiger partial charge in [-0.1, -0.05) is 31.9 Å². The van der Waals surface area contributed by atoms with Gasteiger partial charge >= 0.3 is 0 Å². The van der Waals surface area contributed by atoms with E-state index in [2.05, 4.69) is 63.7 Å². The quantitative estimate of drug-likeness (QED) is 0.422. The molecule has 0 fully saturated rings. The Bertz CT molecular complexity index is 671. The summed E-state index contributed by atoms with van der Waals surface area (Å²) in [7, 11) is 1.66. The molecule has 2 aromatic rings. The van der Waals surface area contributed by atoms with Gasteiger partial charge in [-0.05, 0) is 63.0 Å². The number of ether oxygens (including phenoxy) is 2. The van der Waals surface area contributed by atoms with Crippen molar-refractivity contribution in [1.82, 2.24) is 0 Å². The number of rotatable bonds is 4. The van der Waals surface area contributed by atoms with Crippen molar-refractivity contribution in [3.63, 3.8) is 0 Å². The average molecular weight is 544 g/mol. The number of methoxy groups -OCH3 is 1. The number of hydrogen-bond donors (Lipinski definition) is 0. The van der Waals surface area contributed by atoms with E-state index < -0.39 is 0 Å². The Labute approximate surface area is 157 Å². The minimum atomic E-state index is 0.588. The Morgan fingerprint density at radius 2 is 1.29 bits per heavy atom. The van der Waals surface area contributed by atoms with Crippen LogP contribution in [0, 0.1) is 0 Å². The van der Waals surface area contributed by atoms with Crippen molar-refractivity contribution in [1.29, 1.82) is 0 Å². The topological polar surface area (TPSA) is 18.5 Å². The van der Waals surface area contributed by atoms with Gasteiger partial charge in [0.25, 0.3) is 0 Å². The van der Waals surface area contributed by atoms with Gasteiger partial charge in [0.15, 0.2) is 0 Å². The summed E-state index contributed by atoms with van der Waals surface area (Å²) in [5.41, 5.74) is 1.90. The van der Waals surface area contributed by atoms with Crippen LogP contribution in [-0.4, -0.2) is 13.7 Å². The lowest BCUT2D eigenvalue weighted by atomic mass is 10.0. The third-order valence-corrected chi connectivity index (χ3v) is 4.89. The van der Waals surface area contributed by atoms with E-state index in [9.17, 15) is 0 Å². The highest BCUT2D eigenvalue weighted by molar-refractivity contribution is 9.11. The fraction of sp³-hybridized carbons (Fsp3) is 0.200. The van der Waals surface area contributed by atoms with Crippen molar-refractivity contribution >= 4 is 63.7 Å². The minimum Gasteiger partial charge on any atom is -0.495 e. The molecule has 0 amide bonds. The third-order valence-electron chi connectivity index (χ3n) is 2.80. The van der Waals surface area contributed by atoms with Crippen molar-refractivity contribution in [3.05, 3.63) is 42.2 Å². The average Bonchev–Trinajstić information content (AvgIpc) is 2.40. The van der Waals surface area contributed by atoms with Gasteiger partial charge < -0.3 is 9.47 Å². The highest BCUT2D eigenvalue weighted by Gasteiger charge is 2.18. The molecule has 0 unspecified atom stereocenters. The zero-order valence-electron chi connectivity index (χ0n) is 11.3. The van der Waals surface area contributed by atoms with Crippen molar-refractivity contribution in [2.45, 2.75) is 6.92 Å². The molecule has 0 N–H and O–H groups in total. The molecule has 6 heteroatoms. The van der Waals surface area contributed by atoms with Crippen LogP contribution >= 0.6 is 63.7 Å². The molecule has 0 spiro atoms. The van der Waals surface area contributed by atoms with Gasteiger partial charge in [0, 0.05) is 20.1 Å². The molecule has 21 heavy (non-hydrogen) atoms. The fourth-order valence-electron chi connectivity index (χ4n) is 2.02. The Balaban J connectivity index is 2.77. The lowest BCUT2D eigenvalue weighted by Gasteiger charge is -2.17. The van der Waals surface area contributed by atoms with E-state index in [0.29, 0.717) is 6.61 Å². The smallest absolute Gasteiger partial charge is 0.141 e. The molecule has 0 heterocycles. The lowest BCUT2D eigenvalue weighted by Crippen LogP contribution is -1.97. The predicted octanol–water partition coefficient (Wildman–Crippen LogP) is 6.81. The number of halogens is 4. The van der Waals surface area contributed by atoms with Crippen LogP contribution in [0.4, 0.5) is 0 Å². The van der Waals surface area contributed by atoms with Crippen LogP contribution in [0.25, 0.3) is 11.1 Å². The second kappa shape index (κ2) is 7.49. The molecular formula is C15H12Br4O2. The number of benzene rings is 2. The summed E-state index contributed by atoms with van der Waals surface area (Å²) in [4.78, 5) is 0. The van der Waals surface area contributed by atoms with Crippen molar-refractivity contribution < 1.29 is 9.47 Å². The van der Waals surface area contributed by atoms with E-state index >= 15 is 0 Å². The SMILES string of the molecule is CCOc1c(Br)cc(Br)cc1-c1cc(Br)cc(Br)c1OC. The van der Waals surface area contributed by atoms with Crippen molar-refractivity contribution in [2.75, 3.05) is 13.7 Å². The Morgan fingerprint density at radius 3 is 1.76 bits per heavy atom. The molecule has 112 valence electrons. The van der Waals surface area contributed by atoms with Crippen LogP contribution in [0.5, 0.6) is 11.5 Å². The summed E-state index contributed by atoms with van der Waals surface area (Å²) in [6.07, 6.45) is 0. The van der Waals surface area contributed by atoms with Crippen LogP contribution < -0.4 is 9.47 Å². The van der Waals surface area contributed by atoms with E-state index in [1.165, 1.54) is 0 Å². The van der Waals surface area contributed by atoms with Crippen LogP contribution in [-0.2, 0) is 0 Å². The first-order valence-electron chi connectivity index (χ1n) is 6.13. The highest BCUT2D eigenvalue weighted by atomic mass is 79.9. The standard InChI is InChI=1S/C15H12Br4O2/c1-3-21-15-11(5-9(17)7-13(15)19)10-4-8(16)6-12(18)14(10)20-2/h4-7H,3H2,1-2H3. The summed E-state index contributed by atoms with van der Waals surface area (Å²) in [5, 5.41) is 0. The van der Waals surface area contributed by atoms with Gasteiger partial charge in [0.1, 0.15) is 11.5 Å². The zero-order valence-corrected chi connectivity index (χ0v) is 17.7. The third kappa shape index (κ3) is 3.84. The second-order valence-electron chi connectivity index (χ2n) is 4.17. The first-order valence-corrected chi connectivity index (χ1v) is 9.30. The molecular weight excluding hydrogens is 532 g/mol. The molecule has 0 bridgehead atoms. The Morgan fingerprint density at radius 1 is 0.810 bits per heavy atom. The monoisotopic (exact) mass is 540 g/mol. The van der Waals surface area contributed by atoms with E-state index in [0.717, 1.165) is 40.5 Å². The van der Waals surface area contributed by atoms with Gasteiger partial charge in [-0.15, -0.1) is 0 Å². The molecule has 2 nitrogen and oxygen atoms in total. The maximum atomic E-state index is 5.80. The molecule has 2 rings (SSSR count). The number of hydrogen-bond acceptors (Lipinski definition) is 2. The van der Waals surface area contributed by atoms with Gasteiger partial charge in [-0.3, -0.25) is 0 Å². The maximum absolute atomic E-state index is 5.80. The molecule has 0 radical (unpaired) electrons. The summed E-state index contributed by atoms with van der Waals surface area (Å²) in [5.74, 6) is 1.56. The molecule has 2 aromatic carbocycles. The first-order chi connectivity index (χ1) is 9.97. The molecule has 0 aromatic heterocycles. The first kappa shape index (κ1) is 17.3. The van der Waals surface area contributed by atoms with E-state index in [1.807, 2.05) is 31.2 Å².